The number of hydrogen-bond donors (Lipinski definition) is 1. The van der Waals surface area contributed by atoms with Gasteiger partial charge in [-0.05, 0) is 33.7 Å². The second kappa shape index (κ2) is 5.05. The van der Waals surface area contributed by atoms with Crippen LogP contribution in [0.3, 0.4) is 0 Å². The van der Waals surface area contributed by atoms with E-state index in [1.807, 2.05) is 14.0 Å². The van der Waals surface area contributed by atoms with Crippen LogP contribution < -0.4 is 5.73 Å². The van der Waals surface area contributed by atoms with Gasteiger partial charge in [0.1, 0.15) is 0 Å². The summed E-state index contributed by atoms with van der Waals surface area (Å²) in [5.74, 6) is 0. The molecule has 0 aromatic rings. The van der Waals surface area contributed by atoms with Gasteiger partial charge in [-0.3, -0.25) is 4.90 Å². The molecule has 3 unspecified atom stereocenters. The quantitative estimate of drug-likeness (QED) is 0.716. The first kappa shape index (κ1) is 11.9. The highest BCUT2D eigenvalue weighted by molar-refractivity contribution is 7.80. The van der Waals surface area contributed by atoms with Crippen molar-refractivity contribution in [1.29, 1.82) is 0 Å². The van der Waals surface area contributed by atoms with Crippen LogP contribution in [0.4, 0.5) is 0 Å². The van der Waals surface area contributed by atoms with Crippen LogP contribution in [0.15, 0.2) is 0 Å². The Hall–Kier alpha value is -0.190. The summed E-state index contributed by atoms with van der Waals surface area (Å²) >= 11 is 4.95. The van der Waals surface area contributed by atoms with E-state index in [-0.39, 0.29) is 6.04 Å². The molecule has 1 fully saturated rings. The number of nitrogens with zero attached hydrogens (tertiary/aromatic N) is 1. The normalized spacial score (nSPS) is 29.4. The van der Waals surface area contributed by atoms with Crippen molar-refractivity contribution in [3.8, 4) is 0 Å². The van der Waals surface area contributed by atoms with Gasteiger partial charge in [-0.25, -0.2) is 0 Å². The zero-order valence-electron chi connectivity index (χ0n) is 9.19. The Morgan fingerprint density at radius 1 is 1.64 bits per heavy atom. The molecule has 0 saturated carbocycles. The topological polar surface area (TPSA) is 38.5 Å². The smallest absolute Gasteiger partial charge is 0.0899 e. The predicted molar refractivity (Wildman–Crippen MR) is 62.4 cm³/mol. The van der Waals surface area contributed by atoms with Crippen LogP contribution in [0.25, 0.3) is 0 Å². The molecule has 1 aliphatic rings. The molecule has 0 aliphatic carbocycles. The van der Waals surface area contributed by atoms with Crippen molar-refractivity contribution >= 4 is 17.2 Å². The van der Waals surface area contributed by atoms with Gasteiger partial charge >= 0.3 is 0 Å². The van der Waals surface area contributed by atoms with Crippen molar-refractivity contribution < 1.29 is 4.74 Å². The number of rotatable bonds is 4. The van der Waals surface area contributed by atoms with E-state index in [1.54, 1.807) is 0 Å². The first-order chi connectivity index (χ1) is 6.50. The van der Waals surface area contributed by atoms with Crippen LogP contribution in [0, 0.1) is 0 Å². The SMILES string of the molecule is CC1CCC(CN(C)C(C)C(N)=S)O1. The summed E-state index contributed by atoms with van der Waals surface area (Å²) in [7, 11) is 2.04. The van der Waals surface area contributed by atoms with Crippen LogP contribution in [-0.2, 0) is 4.74 Å². The summed E-state index contributed by atoms with van der Waals surface area (Å²) in [6.45, 7) is 5.07. The first-order valence-corrected chi connectivity index (χ1v) is 5.56. The third kappa shape index (κ3) is 3.19. The highest BCUT2D eigenvalue weighted by Gasteiger charge is 2.24. The Morgan fingerprint density at radius 2 is 2.29 bits per heavy atom. The van der Waals surface area contributed by atoms with Crippen molar-refractivity contribution in [2.24, 2.45) is 5.73 Å². The molecule has 3 atom stereocenters. The van der Waals surface area contributed by atoms with Gasteiger partial charge in [-0.2, -0.15) is 0 Å². The minimum Gasteiger partial charge on any atom is -0.392 e. The fourth-order valence-corrected chi connectivity index (χ4v) is 1.90. The van der Waals surface area contributed by atoms with E-state index < -0.39 is 0 Å². The number of likely N-dealkylation sites (N-methyl/N-ethyl adjacent to an activating group) is 1. The Kier molecular flexibility index (Phi) is 4.29. The van der Waals surface area contributed by atoms with Gasteiger partial charge < -0.3 is 10.5 Å². The molecule has 3 nitrogen and oxygen atoms in total. The maximum Gasteiger partial charge on any atom is 0.0899 e. The maximum absolute atomic E-state index is 5.74. The van der Waals surface area contributed by atoms with E-state index in [9.17, 15) is 0 Å². The van der Waals surface area contributed by atoms with Crippen molar-refractivity contribution in [2.45, 2.75) is 44.9 Å². The monoisotopic (exact) mass is 216 g/mol. The van der Waals surface area contributed by atoms with Gasteiger partial charge in [0.05, 0.1) is 23.2 Å². The highest BCUT2D eigenvalue weighted by Crippen LogP contribution is 2.19. The van der Waals surface area contributed by atoms with E-state index in [0.717, 1.165) is 13.0 Å². The van der Waals surface area contributed by atoms with Gasteiger partial charge in [0.25, 0.3) is 0 Å². The minimum atomic E-state index is 0.157. The van der Waals surface area contributed by atoms with Crippen molar-refractivity contribution in [2.75, 3.05) is 13.6 Å². The summed E-state index contributed by atoms with van der Waals surface area (Å²) in [5.41, 5.74) is 5.59. The van der Waals surface area contributed by atoms with Gasteiger partial charge in [-0.1, -0.05) is 12.2 Å². The lowest BCUT2D eigenvalue weighted by atomic mass is 10.2. The number of hydrogen-bond acceptors (Lipinski definition) is 3. The van der Waals surface area contributed by atoms with Crippen LogP contribution in [0.5, 0.6) is 0 Å². The molecule has 82 valence electrons. The molecule has 4 heteroatoms. The highest BCUT2D eigenvalue weighted by atomic mass is 32.1. The van der Waals surface area contributed by atoms with Gasteiger partial charge in [-0.15, -0.1) is 0 Å². The molecule has 1 rings (SSSR count). The number of thiocarbonyl (C=S) groups is 1. The van der Waals surface area contributed by atoms with E-state index in [2.05, 4.69) is 11.8 Å². The second-order valence-electron chi connectivity index (χ2n) is 4.16. The Labute approximate surface area is 91.6 Å². The molecule has 0 aromatic heterocycles. The summed E-state index contributed by atoms with van der Waals surface area (Å²) in [5, 5.41) is 0. The van der Waals surface area contributed by atoms with Crippen LogP contribution in [0.2, 0.25) is 0 Å². The molecule has 0 radical (unpaired) electrons. The molecule has 1 saturated heterocycles. The second-order valence-corrected chi connectivity index (χ2v) is 4.64. The average molecular weight is 216 g/mol. The van der Waals surface area contributed by atoms with Crippen molar-refractivity contribution in [3.63, 3.8) is 0 Å². The van der Waals surface area contributed by atoms with E-state index in [4.69, 9.17) is 22.7 Å². The lowest BCUT2D eigenvalue weighted by Gasteiger charge is -2.26. The zero-order valence-corrected chi connectivity index (χ0v) is 10.0. The van der Waals surface area contributed by atoms with E-state index >= 15 is 0 Å². The third-order valence-corrected chi connectivity index (χ3v) is 3.23. The number of ether oxygens (including phenoxy) is 1. The molecule has 0 bridgehead atoms. The Bertz CT molecular complexity index is 210. The largest absolute Gasteiger partial charge is 0.392 e. The first-order valence-electron chi connectivity index (χ1n) is 5.15. The third-order valence-electron chi connectivity index (χ3n) is 2.88. The summed E-state index contributed by atoms with van der Waals surface area (Å²) in [6, 6.07) is 0.157. The van der Waals surface area contributed by atoms with Crippen LogP contribution >= 0.6 is 12.2 Å². The van der Waals surface area contributed by atoms with Crippen LogP contribution in [0.1, 0.15) is 26.7 Å². The average Bonchev–Trinajstić information content (AvgIpc) is 2.49. The minimum absolute atomic E-state index is 0.157. The van der Waals surface area contributed by atoms with Crippen molar-refractivity contribution in [3.05, 3.63) is 0 Å². The Balaban J connectivity index is 2.33. The molecule has 0 aromatic carbocycles. The molecular weight excluding hydrogens is 196 g/mol. The maximum atomic E-state index is 5.74. The lowest BCUT2D eigenvalue weighted by Crippen LogP contribution is -2.42. The molecule has 1 aliphatic heterocycles. The standard InChI is InChI=1S/C10H20N2OS/c1-7-4-5-9(13-7)6-12(3)8(2)10(11)14/h7-9H,4-6H2,1-3H3,(H2,11,14). The Morgan fingerprint density at radius 3 is 2.71 bits per heavy atom. The summed E-state index contributed by atoms with van der Waals surface area (Å²) in [6.07, 6.45) is 3.08. The fourth-order valence-electron chi connectivity index (χ4n) is 1.72. The molecule has 14 heavy (non-hydrogen) atoms. The molecule has 2 N–H and O–H groups in total. The molecule has 1 heterocycles. The number of nitrogens with two attached hydrogens (primary N) is 1. The van der Waals surface area contributed by atoms with E-state index in [0.29, 0.717) is 17.2 Å². The molecular formula is C10H20N2OS. The van der Waals surface area contributed by atoms with Crippen LogP contribution in [-0.4, -0.2) is 41.7 Å². The van der Waals surface area contributed by atoms with Gasteiger partial charge in [0.2, 0.25) is 0 Å². The summed E-state index contributed by atoms with van der Waals surface area (Å²) in [4.78, 5) is 2.71. The van der Waals surface area contributed by atoms with Crippen molar-refractivity contribution in [1.82, 2.24) is 4.90 Å². The van der Waals surface area contributed by atoms with Gasteiger partial charge in [0, 0.05) is 6.54 Å². The summed E-state index contributed by atoms with van der Waals surface area (Å²) < 4.78 is 5.74. The lowest BCUT2D eigenvalue weighted by molar-refractivity contribution is 0.0343. The van der Waals surface area contributed by atoms with E-state index in [1.165, 1.54) is 6.42 Å². The molecule has 0 spiro atoms. The van der Waals surface area contributed by atoms with Gasteiger partial charge in [0.15, 0.2) is 0 Å². The molecule has 0 amide bonds. The zero-order chi connectivity index (χ0) is 10.7. The predicted octanol–water partition coefficient (Wildman–Crippen LogP) is 1.16. The fraction of sp³-hybridized carbons (Fsp3) is 0.900.